The minimum Gasteiger partial charge on any atom is -0.493 e. The van der Waals surface area contributed by atoms with Crippen molar-refractivity contribution >= 4 is 12.1 Å². The first kappa shape index (κ1) is 18.7. The van der Waals surface area contributed by atoms with Gasteiger partial charge in [0.05, 0.1) is 12.8 Å². The molecule has 1 N–H and O–H groups in total. The van der Waals surface area contributed by atoms with Crippen molar-refractivity contribution in [3.8, 4) is 5.75 Å². The fourth-order valence-electron chi connectivity index (χ4n) is 2.16. The smallest absolute Gasteiger partial charge is 0.273 e. The highest BCUT2D eigenvalue weighted by molar-refractivity contribution is 5.85. The molecule has 0 aliphatic heterocycles. The first-order valence-corrected chi connectivity index (χ1v) is 8.23. The zero-order valence-electron chi connectivity index (χ0n) is 14.8. The number of methoxy groups -OCH3 is 1. The minimum atomic E-state index is -0.690. The van der Waals surface area contributed by atoms with Crippen molar-refractivity contribution in [2.75, 3.05) is 13.7 Å². The van der Waals surface area contributed by atoms with Gasteiger partial charge < -0.3 is 9.47 Å². The van der Waals surface area contributed by atoms with Crippen LogP contribution in [0.25, 0.3) is 0 Å². The number of ether oxygens (including phenoxy) is 2. The van der Waals surface area contributed by atoms with Gasteiger partial charge in [-0.05, 0) is 41.3 Å². The predicted octanol–water partition coefficient (Wildman–Crippen LogP) is 3.56. The minimum absolute atomic E-state index is 0.318. The van der Waals surface area contributed by atoms with E-state index in [4.69, 9.17) is 9.47 Å². The Kier molecular flexibility index (Phi) is 7.16. The Morgan fingerprint density at radius 3 is 2.40 bits per heavy atom. The zero-order chi connectivity index (χ0) is 18.1. The predicted molar refractivity (Wildman–Crippen MR) is 98.7 cm³/mol. The lowest BCUT2D eigenvalue weighted by molar-refractivity contribution is -0.131. The summed E-state index contributed by atoms with van der Waals surface area (Å²) in [4.78, 5) is 12.2. The Labute approximate surface area is 148 Å². The molecule has 1 amide bonds. The highest BCUT2D eigenvalue weighted by Crippen LogP contribution is 2.16. The van der Waals surface area contributed by atoms with Crippen molar-refractivity contribution in [3.05, 3.63) is 65.7 Å². The van der Waals surface area contributed by atoms with Crippen LogP contribution < -0.4 is 10.2 Å². The number of nitrogens with one attached hydrogen (secondary N) is 1. The number of rotatable bonds is 8. The number of hydrogen-bond acceptors (Lipinski definition) is 4. The zero-order valence-corrected chi connectivity index (χ0v) is 14.8. The molecular formula is C20H24N2O3. The molecule has 0 spiro atoms. The fourth-order valence-corrected chi connectivity index (χ4v) is 2.16. The largest absolute Gasteiger partial charge is 0.493 e. The molecule has 2 aromatic rings. The van der Waals surface area contributed by atoms with Crippen molar-refractivity contribution in [2.24, 2.45) is 11.0 Å². The van der Waals surface area contributed by atoms with E-state index in [0.717, 1.165) is 16.9 Å². The van der Waals surface area contributed by atoms with Crippen molar-refractivity contribution < 1.29 is 14.3 Å². The number of carbonyl (C=O) groups is 1. The number of hydrogen-bond donors (Lipinski definition) is 1. The topological polar surface area (TPSA) is 59.9 Å². The summed E-state index contributed by atoms with van der Waals surface area (Å²) in [5.41, 5.74) is 4.16. The summed E-state index contributed by atoms with van der Waals surface area (Å²) in [6.45, 7) is 4.89. The summed E-state index contributed by atoms with van der Waals surface area (Å²) in [5, 5.41) is 3.99. The molecule has 5 heteroatoms. The molecule has 2 aromatic carbocycles. The van der Waals surface area contributed by atoms with Gasteiger partial charge in [-0.25, -0.2) is 5.43 Å². The van der Waals surface area contributed by atoms with Crippen LogP contribution in [0, 0.1) is 5.92 Å². The van der Waals surface area contributed by atoms with Gasteiger partial charge in [-0.3, -0.25) is 4.79 Å². The second kappa shape index (κ2) is 9.59. The fraction of sp³-hybridized carbons (Fsp3) is 0.300. The third-order valence-electron chi connectivity index (χ3n) is 3.43. The van der Waals surface area contributed by atoms with E-state index in [1.165, 1.54) is 7.11 Å². The summed E-state index contributed by atoms with van der Waals surface area (Å²) in [6.07, 6.45) is 0.895. The van der Waals surface area contributed by atoms with Gasteiger partial charge in [0.1, 0.15) is 5.75 Å². The molecule has 0 bridgehead atoms. The van der Waals surface area contributed by atoms with E-state index < -0.39 is 6.10 Å². The second-order valence-corrected chi connectivity index (χ2v) is 6.03. The SMILES string of the molecule is CO[C@H](C(=O)N/N=C\c1ccc(OCC(C)C)cc1)c1ccccc1. The normalized spacial score (nSPS) is 12.3. The molecule has 0 aliphatic carbocycles. The van der Waals surface area contributed by atoms with E-state index in [-0.39, 0.29) is 5.91 Å². The van der Waals surface area contributed by atoms with E-state index in [9.17, 15) is 4.79 Å². The van der Waals surface area contributed by atoms with Crippen molar-refractivity contribution in [1.29, 1.82) is 0 Å². The Morgan fingerprint density at radius 2 is 1.80 bits per heavy atom. The van der Waals surface area contributed by atoms with Gasteiger partial charge in [0.15, 0.2) is 6.10 Å². The maximum absolute atomic E-state index is 12.2. The summed E-state index contributed by atoms with van der Waals surface area (Å²) in [6, 6.07) is 16.8. The van der Waals surface area contributed by atoms with Gasteiger partial charge >= 0.3 is 0 Å². The Hall–Kier alpha value is -2.66. The van der Waals surface area contributed by atoms with E-state index in [0.29, 0.717) is 12.5 Å². The number of hydrazone groups is 1. The van der Waals surface area contributed by atoms with E-state index >= 15 is 0 Å². The number of amides is 1. The lowest BCUT2D eigenvalue weighted by Crippen LogP contribution is -2.26. The molecule has 0 aromatic heterocycles. The molecule has 1 atom stereocenters. The van der Waals surface area contributed by atoms with Crippen LogP contribution in [0.4, 0.5) is 0 Å². The Morgan fingerprint density at radius 1 is 1.12 bits per heavy atom. The standard InChI is InChI=1S/C20H24N2O3/c1-15(2)14-25-18-11-9-16(10-12-18)13-21-22-20(23)19(24-3)17-7-5-4-6-8-17/h4-13,15,19H,14H2,1-3H3,(H,22,23)/b21-13-/t19-/m0/s1. The maximum atomic E-state index is 12.2. The monoisotopic (exact) mass is 340 g/mol. The molecule has 0 aliphatic rings. The second-order valence-electron chi connectivity index (χ2n) is 6.03. The quantitative estimate of drug-likeness (QED) is 0.590. The number of benzene rings is 2. The molecule has 0 heterocycles. The third-order valence-corrected chi connectivity index (χ3v) is 3.43. The van der Waals surface area contributed by atoms with Crippen LogP contribution in [0.3, 0.4) is 0 Å². The highest BCUT2D eigenvalue weighted by atomic mass is 16.5. The van der Waals surface area contributed by atoms with E-state index in [1.54, 1.807) is 6.21 Å². The number of carbonyl (C=O) groups excluding carboxylic acids is 1. The molecule has 0 fully saturated rings. The molecule has 25 heavy (non-hydrogen) atoms. The van der Waals surface area contributed by atoms with Crippen LogP contribution in [0.1, 0.15) is 31.1 Å². The summed E-state index contributed by atoms with van der Waals surface area (Å²) < 4.78 is 10.9. The van der Waals surface area contributed by atoms with Crippen LogP contribution in [-0.2, 0) is 9.53 Å². The number of nitrogens with zero attached hydrogens (tertiary/aromatic N) is 1. The molecule has 132 valence electrons. The Bertz CT molecular complexity index is 682. The van der Waals surface area contributed by atoms with Gasteiger partial charge in [-0.15, -0.1) is 0 Å². The van der Waals surface area contributed by atoms with E-state index in [2.05, 4.69) is 24.4 Å². The average Bonchev–Trinajstić information content (AvgIpc) is 2.62. The summed E-state index contributed by atoms with van der Waals surface area (Å²) in [5.74, 6) is 0.982. The van der Waals surface area contributed by atoms with Crippen molar-refractivity contribution in [1.82, 2.24) is 5.43 Å². The molecule has 2 rings (SSSR count). The van der Waals surface area contributed by atoms with Crippen LogP contribution in [0.2, 0.25) is 0 Å². The van der Waals surface area contributed by atoms with E-state index in [1.807, 2.05) is 54.6 Å². The van der Waals surface area contributed by atoms with Gasteiger partial charge in [-0.2, -0.15) is 5.10 Å². The lowest BCUT2D eigenvalue weighted by Gasteiger charge is -2.13. The third kappa shape index (κ3) is 6.04. The van der Waals surface area contributed by atoms with Crippen LogP contribution in [-0.4, -0.2) is 25.8 Å². The summed E-state index contributed by atoms with van der Waals surface area (Å²) in [7, 11) is 1.50. The summed E-state index contributed by atoms with van der Waals surface area (Å²) >= 11 is 0. The Balaban J connectivity index is 1.90. The first-order valence-electron chi connectivity index (χ1n) is 8.23. The van der Waals surface area contributed by atoms with Crippen LogP contribution >= 0.6 is 0 Å². The van der Waals surface area contributed by atoms with Gasteiger partial charge in [0, 0.05) is 7.11 Å². The van der Waals surface area contributed by atoms with Gasteiger partial charge in [0.25, 0.3) is 5.91 Å². The lowest BCUT2D eigenvalue weighted by atomic mass is 10.1. The first-order chi connectivity index (χ1) is 12.1. The molecule has 5 nitrogen and oxygen atoms in total. The molecular weight excluding hydrogens is 316 g/mol. The maximum Gasteiger partial charge on any atom is 0.273 e. The molecule has 0 radical (unpaired) electrons. The van der Waals surface area contributed by atoms with Crippen molar-refractivity contribution in [3.63, 3.8) is 0 Å². The molecule has 0 saturated heterocycles. The van der Waals surface area contributed by atoms with Gasteiger partial charge in [0.2, 0.25) is 0 Å². The van der Waals surface area contributed by atoms with Crippen LogP contribution in [0.5, 0.6) is 5.75 Å². The molecule has 0 saturated carbocycles. The van der Waals surface area contributed by atoms with Crippen LogP contribution in [0.15, 0.2) is 59.7 Å². The highest BCUT2D eigenvalue weighted by Gasteiger charge is 2.18. The average molecular weight is 340 g/mol. The van der Waals surface area contributed by atoms with Crippen molar-refractivity contribution in [2.45, 2.75) is 20.0 Å². The van der Waals surface area contributed by atoms with Gasteiger partial charge in [-0.1, -0.05) is 44.2 Å². The molecule has 0 unspecified atom stereocenters.